The zero-order valence-corrected chi connectivity index (χ0v) is 13.1. The summed E-state index contributed by atoms with van der Waals surface area (Å²) in [4.78, 5) is 12.1. The molecule has 1 aromatic heterocycles. The lowest BCUT2D eigenvalue weighted by Crippen LogP contribution is -2.10. The Bertz CT molecular complexity index is 622. The second-order valence-corrected chi connectivity index (χ2v) is 5.69. The van der Waals surface area contributed by atoms with E-state index in [4.69, 9.17) is 11.6 Å². The molecule has 0 atom stereocenters. The van der Waals surface area contributed by atoms with Gasteiger partial charge in [-0.05, 0) is 18.6 Å². The fourth-order valence-electron chi connectivity index (χ4n) is 1.98. The number of Topliss-reactive ketones (excluding diaryl/α,β-unsaturated/α-hetero) is 1. The average molecular weight is 342 g/mol. The predicted octanol–water partition coefficient (Wildman–Crippen LogP) is 3.50. The first kappa shape index (κ1) is 14.3. The largest absolute Gasteiger partial charge is 0.299 e. The van der Waals surface area contributed by atoms with Crippen molar-refractivity contribution in [3.8, 4) is 0 Å². The van der Waals surface area contributed by atoms with E-state index in [1.165, 1.54) is 0 Å². The Morgan fingerprint density at radius 2 is 2.05 bits per heavy atom. The highest BCUT2D eigenvalue weighted by Gasteiger charge is 2.15. The van der Waals surface area contributed by atoms with Crippen molar-refractivity contribution in [3.05, 3.63) is 50.7 Å². The maximum absolute atomic E-state index is 12.1. The van der Waals surface area contributed by atoms with E-state index in [0.29, 0.717) is 17.9 Å². The Labute approximate surface area is 125 Å². The summed E-state index contributed by atoms with van der Waals surface area (Å²) in [6, 6.07) is 7.73. The van der Waals surface area contributed by atoms with Gasteiger partial charge in [-0.1, -0.05) is 45.7 Å². The van der Waals surface area contributed by atoms with Crippen LogP contribution in [0.4, 0.5) is 0 Å². The molecule has 0 aliphatic carbocycles. The third-order valence-corrected chi connectivity index (χ3v) is 4.24. The summed E-state index contributed by atoms with van der Waals surface area (Å²) in [6.45, 7) is 1.84. The summed E-state index contributed by atoms with van der Waals surface area (Å²) >= 11 is 9.59. The van der Waals surface area contributed by atoms with Gasteiger partial charge in [0.05, 0.1) is 22.8 Å². The van der Waals surface area contributed by atoms with Crippen LogP contribution in [0.3, 0.4) is 0 Å². The molecule has 5 heteroatoms. The molecule has 1 heterocycles. The summed E-state index contributed by atoms with van der Waals surface area (Å²) in [5, 5.41) is 4.80. The number of halogens is 2. The number of aryl methyl sites for hydroxylation is 2. The SMILES string of the molecule is Cc1nn(C)c(CC(=O)Cc2ccccc2Br)c1Cl. The summed E-state index contributed by atoms with van der Waals surface area (Å²) in [7, 11) is 1.81. The Morgan fingerprint density at radius 1 is 1.37 bits per heavy atom. The van der Waals surface area contributed by atoms with Crippen molar-refractivity contribution >= 4 is 33.3 Å². The number of hydrogen-bond donors (Lipinski definition) is 0. The van der Waals surface area contributed by atoms with Gasteiger partial charge in [0.1, 0.15) is 5.78 Å². The molecule has 0 saturated carbocycles. The molecule has 19 heavy (non-hydrogen) atoms. The van der Waals surface area contributed by atoms with E-state index in [-0.39, 0.29) is 5.78 Å². The van der Waals surface area contributed by atoms with Crippen molar-refractivity contribution in [2.75, 3.05) is 0 Å². The number of hydrogen-bond acceptors (Lipinski definition) is 2. The van der Waals surface area contributed by atoms with Crippen molar-refractivity contribution in [2.45, 2.75) is 19.8 Å². The minimum absolute atomic E-state index is 0.122. The minimum Gasteiger partial charge on any atom is -0.299 e. The van der Waals surface area contributed by atoms with Crippen LogP contribution in [0.25, 0.3) is 0 Å². The lowest BCUT2D eigenvalue weighted by atomic mass is 10.1. The van der Waals surface area contributed by atoms with Gasteiger partial charge in [0.25, 0.3) is 0 Å². The highest BCUT2D eigenvalue weighted by atomic mass is 79.9. The molecule has 0 aliphatic rings. The number of benzene rings is 1. The molecule has 0 amide bonds. The molecule has 0 radical (unpaired) electrons. The van der Waals surface area contributed by atoms with E-state index in [1.807, 2.05) is 31.2 Å². The van der Waals surface area contributed by atoms with E-state index >= 15 is 0 Å². The molecular formula is C14H14BrClN2O. The third kappa shape index (κ3) is 3.25. The summed E-state index contributed by atoms with van der Waals surface area (Å²) in [5.74, 6) is 0.122. The number of aromatic nitrogens is 2. The van der Waals surface area contributed by atoms with Crippen LogP contribution in [-0.2, 0) is 24.7 Å². The van der Waals surface area contributed by atoms with Gasteiger partial charge in [-0.25, -0.2) is 0 Å². The monoisotopic (exact) mass is 340 g/mol. The van der Waals surface area contributed by atoms with Crippen LogP contribution in [0.15, 0.2) is 28.7 Å². The zero-order chi connectivity index (χ0) is 14.0. The summed E-state index contributed by atoms with van der Waals surface area (Å²) < 4.78 is 2.63. The van der Waals surface area contributed by atoms with E-state index in [0.717, 1.165) is 21.4 Å². The molecule has 2 aromatic rings. The highest BCUT2D eigenvalue weighted by Crippen LogP contribution is 2.21. The third-order valence-electron chi connectivity index (χ3n) is 2.97. The van der Waals surface area contributed by atoms with Gasteiger partial charge in [-0.15, -0.1) is 0 Å². The maximum Gasteiger partial charge on any atom is 0.143 e. The molecule has 0 spiro atoms. The Balaban J connectivity index is 2.12. The van der Waals surface area contributed by atoms with Crippen molar-refractivity contribution < 1.29 is 4.79 Å². The number of nitrogens with zero attached hydrogens (tertiary/aromatic N) is 2. The molecule has 0 N–H and O–H groups in total. The second kappa shape index (κ2) is 5.88. The van der Waals surface area contributed by atoms with Gasteiger partial charge in [0.15, 0.2) is 0 Å². The molecule has 100 valence electrons. The zero-order valence-electron chi connectivity index (χ0n) is 10.8. The number of carbonyl (C=O) groups excluding carboxylic acids is 1. The predicted molar refractivity (Wildman–Crippen MR) is 79.5 cm³/mol. The fourth-order valence-corrected chi connectivity index (χ4v) is 2.63. The van der Waals surface area contributed by atoms with Gasteiger partial charge in [-0.3, -0.25) is 9.48 Å². The van der Waals surface area contributed by atoms with Gasteiger partial charge >= 0.3 is 0 Å². The summed E-state index contributed by atoms with van der Waals surface area (Å²) in [6.07, 6.45) is 0.694. The van der Waals surface area contributed by atoms with Crippen LogP contribution < -0.4 is 0 Å². The first-order valence-corrected chi connectivity index (χ1v) is 7.09. The van der Waals surface area contributed by atoms with Gasteiger partial charge in [0.2, 0.25) is 0 Å². The molecule has 0 aliphatic heterocycles. The van der Waals surface area contributed by atoms with Crippen LogP contribution in [0.5, 0.6) is 0 Å². The molecule has 0 fully saturated rings. The molecule has 0 bridgehead atoms. The molecule has 3 nitrogen and oxygen atoms in total. The minimum atomic E-state index is 0.122. The Hall–Kier alpha value is -1.13. The van der Waals surface area contributed by atoms with Crippen LogP contribution >= 0.6 is 27.5 Å². The van der Waals surface area contributed by atoms with Crippen molar-refractivity contribution in [1.29, 1.82) is 0 Å². The van der Waals surface area contributed by atoms with Crippen LogP contribution in [0.1, 0.15) is 17.0 Å². The first-order valence-electron chi connectivity index (χ1n) is 5.92. The van der Waals surface area contributed by atoms with Crippen LogP contribution in [0, 0.1) is 6.92 Å². The van der Waals surface area contributed by atoms with Crippen LogP contribution in [-0.4, -0.2) is 15.6 Å². The second-order valence-electron chi connectivity index (χ2n) is 4.45. The standard InChI is InChI=1S/C14H14BrClN2O/c1-9-14(16)13(18(2)17-9)8-11(19)7-10-5-3-4-6-12(10)15/h3-6H,7-8H2,1-2H3. The molecule has 0 unspecified atom stereocenters. The maximum atomic E-state index is 12.1. The van der Waals surface area contributed by atoms with Crippen LogP contribution in [0.2, 0.25) is 5.02 Å². The van der Waals surface area contributed by atoms with E-state index < -0.39 is 0 Å². The Kier molecular flexibility index (Phi) is 4.42. The average Bonchev–Trinajstić information content (AvgIpc) is 2.59. The van der Waals surface area contributed by atoms with Crippen molar-refractivity contribution in [2.24, 2.45) is 7.05 Å². The molecule has 1 aromatic carbocycles. The summed E-state index contributed by atoms with van der Waals surface area (Å²) in [5.41, 5.74) is 2.52. The van der Waals surface area contributed by atoms with Gasteiger partial charge in [0, 0.05) is 17.9 Å². The van der Waals surface area contributed by atoms with Crippen molar-refractivity contribution in [1.82, 2.24) is 9.78 Å². The van der Waals surface area contributed by atoms with Crippen molar-refractivity contribution in [3.63, 3.8) is 0 Å². The Morgan fingerprint density at radius 3 is 2.63 bits per heavy atom. The van der Waals surface area contributed by atoms with Gasteiger partial charge in [-0.2, -0.15) is 5.10 Å². The fraction of sp³-hybridized carbons (Fsp3) is 0.286. The normalized spacial score (nSPS) is 10.7. The number of rotatable bonds is 4. The quantitative estimate of drug-likeness (QED) is 0.853. The topological polar surface area (TPSA) is 34.9 Å². The van der Waals surface area contributed by atoms with E-state index in [2.05, 4.69) is 21.0 Å². The first-order chi connectivity index (χ1) is 8.99. The lowest BCUT2D eigenvalue weighted by molar-refractivity contribution is -0.117. The van der Waals surface area contributed by atoms with E-state index in [9.17, 15) is 4.79 Å². The highest BCUT2D eigenvalue weighted by molar-refractivity contribution is 9.10. The number of ketones is 1. The molecular weight excluding hydrogens is 328 g/mol. The lowest BCUT2D eigenvalue weighted by Gasteiger charge is -2.05. The smallest absolute Gasteiger partial charge is 0.143 e. The van der Waals surface area contributed by atoms with E-state index in [1.54, 1.807) is 11.7 Å². The number of carbonyl (C=O) groups is 1. The van der Waals surface area contributed by atoms with Gasteiger partial charge < -0.3 is 0 Å². The molecule has 0 saturated heterocycles. The molecule has 2 rings (SSSR count).